The normalized spacial score (nSPS) is 20.0. The minimum Gasteiger partial charge on any atom is -0.303 e. The molecule has 0 radical (unpaired) electrons. The van der Waals surface area contributed by atoms with E-state index in [4.69, 9.17) is 0 Å². The lowest BCUT2D eigenvalue weighted by molar-refractivity contribution is -0.0827. The van der Waals surface area contributed by atoms with Gasteiger partial charge in [-0.3, -0.25) is 0 Å². The van der Waals surface area contributed by atoms with E-state index in [-0.39, 0.29) is 0 Å². The van der Waals surface area contributed by atoms with E-state index in [9.17, 15) is 9.32 Å². The largest absolute Gasteiger partial charge is 0.447 e. The number of carbonyl (C=O) groups is 1. The van der Waals surface area contributed by atoms with Crippen molar-refractivity contribution < 1.29 is 14.3 Å². The number of likely N-dealkylation sites (N-methyl/N-ethyl adjacent to an activating group) is 1. The van der Waals surface area contributed by atoms with Crippen molar-refractivity contribution in [1.29, 1.82) is 0 Å². The van der Waals surface area contributed by atoms with Crippen LogP contribution in [0.25, 0.3) is 0 Å². The average molecular weight is 162 g/mol. The number of hydrogen-bond donors (Lipinski definition) is 0. The second-order valence-electron chi connectivity index (χ2n) is 2.63. The maximum absolute atomic E-state index is 11.4. The summed E-state index contributed by atoms with van der Waals surface area (Å²) in [4.78, 5) is 17.1. The van der Waals surface area contributed by atoms with Gasteiger partial charge in [0.05, 0.1) is 0 Å². The molecule has 0 aliphatic carbocycles. The first kappa shape index (κ1) is 8.26. The Balaban J connectivity index is 2.33. The molecule has 0 aromatic rings. The van der Waals surface area contributed by atoms with Crippen molar-refractivity contribution in [3.63, 3.8) is 0 Å². The van der Waals surface area contributed by atoms with Crippen molar-refractivity contribution in [2.45, 2.75) is 0 Å². The Morgan fingerprint density at radius 2 is 1.91 bits per heavy atom. The van der Waals surface area contributed by atoms with Crippen LogP contribution in [0.5, 0.6) is 0 Å². The molecule has 0 saturated carbocycles. The van der Waals surface area contributed by atoms with Gasteiger partial charge >= 0.3 is 6.09 Å². The zero-order valence-corrected chi connectivity index (χ0v) is 6.42. The topological polar surface area (TPSA) is 32.8 Å². The summed E-state index contributed by atoms with van der Waals surface area (Å²) in [6, 6.07) is 0. The third-order valence-corrected chi connectivity index (χ3v) is 1.83. The molecular formula is C6H11FN2O2. The summed E-state index contributed by atoms with van der Waals surface area (Å²) in [6.07, 6.45) is -0.877. The molecule has 0 bridgehead atoms. The zero-order valence-electron chi connectivity index (χ0n) is 6.42. The molecule has 0 unspecified atom stereocenters. The van der Waals surface area contributed by atoms with Gasteiger partial charge in [0.2, 0.25) is 0 Å². The molecule has 1 aliphatic rings. The van der Waals surface area contributed by atoms with Gasteiger partial charge in [0.25, 0.3) is 0 Å². The first-order chi connectivity index (χ1) is 5.24. The second kappa shape index (κ2) is 3.52. The molecule has 0 aromatic heterocycles. The van der Waals surface area contributed by atoms with Crippen LogP contribution >= 0.6 is 0 Å². The van der Waals surface area contributed by atoms with E-state index in [0.717, 1.165) is 13.1 Å². The van der Waals surface area contributed by atoms with Crippen LogP contribution in [0, 0.1) is 0 Å². The predicted molar refractivity (Wildman–Crippen MR) is 36.7 cm³/mol. The molecule has 64 valence electrons. The summed E-state index contributed by atoms with van der Waals surface area (Å²) >= 11 is 0. The Bertz CT molecular complexity index is 146. The second-order valence-corrected chi connectivity index (χ2v) is 2.63. The summed E-state index contributed by atoms with van der Waals surface area (Å²) in [7, 11) is 1.96. The van der Waals surface area contributed by atoms with Gasteiger partial charge in [-0.15, -0.1) is 0 Å². The highest BCUT2D eigenvalue weighted by atomic mass is 19.3. The van der Waals surface area contributed by atoms with E-state index in [1.165, 1.54) is 4.90 Å². The number of halogens is 1. The van der Waals surface area contributed by atoms with Gasteiger partial charge in [0.15, 0.2) is 0 Å². The number of nitrogens with zero attached hydrogens (tertiary/aromatic N) is 2. The van der Waals surface area contributed by atoms with E-state index in [1.807, 2.05) is 7.05 Å². The summed E-state index contributed by atoms with van der Waals surface area (Å²) in [5, 5.41) is 0. The van der Waals surface area contributed by atoms with Crippen LogP contribution in [-0.4, -0.2) is 49.1 Å². The van der Waals surface area contributed by atoms with Crippen LogP contribution in [0.1, 0.15) is 0 Å². The quantitative estimate of drug-likeness (QED) is 0.512. The van der Waals surface area contributed by atoms with E-state index >= 15 is 0 Å². The summed E-state index contributed by atoms with van der Waals surface area (Å²) < 4.78 is 11.4. The van der Waals surface area contributed by atoms with Crippen molar-refractivity contribution in [3.8, 4) is 0 Å². The molecule has 1 aliphatic heterocycles. The standard InChI is InChI=1S/C6H11FN2O2/c1-8-2-4-9(5-3-8)6(10)11-7/h2-5H2,1H3. The smallest absolute Gasteiger partial charge is 0.303 e. The molecule has 0 atom stereocenters. The van der Waals surface area contributed by atoms with Crippen LogP contribution < -0.4 is 0 Å². The molecule has 1 fully saturated rings. The van der Waals surface area contributed by atoms with Crippen LogP contribution in [-0.2, 0) is 4.94 Å². The SMILES string of the molecule is CN1CCN(C(=O)OF)CC1. The van der Waals surface area contributed by atoms with Crippen LogP contribution in [0.3, 0.4) is 0 Å². The number of piperazine rings is 1. The average Bonchev–Trinajstić information content (AvgIpc) is 2.05. The van der Waals surface area contributed by atoms with Gasteiger partial charge in [0, 0.05) is 30.7 Å². The highest BCUT2D eigenvalue weighted by molar-refractivity contribution is 5.66. The molecule has 1 heterocycles. The fraction of sp³-hybridized carbons (Fsp3) is 0.833. The van der Waals surface area contributed by atoms with E-state index in [1.54, 1.807) is 0 Å². The van der Waals surface area contributed by atoms with Crippen molar-refractivity contribution in [2.75, 3.05) is 33.2 Å². The number of hydrogen-bond acceptors (Lipinski definition) is 3. The molecule has 1 rings (SSSR count). The molecule has 0 N–H and O–H groups in total. The molecule has 1 saturated heterocycles. The summed E-state index contributed by atoms with van der Waals surface area (Å²) in [5.74, 6) is 0. The maximum Gasteiger partial charge on any atom is 0.447 e. The first-order valence-corrected chi connectivity index (χ1v) is 3.50. The van der Waals surface area contributed by atoms with E-state index < -0.39 is 6.09 Å². The lowest BCUT2D eigenvalue weighted by atomic mass is 10.3. The maximum atomic E-state index is 11.4. The Morgan fingerprint density at radius 3 is 2.36 bits per heavy atom. The minimum absolute atomic E-state index is 0.541. The Morgan fingerprint density at radius 1 is 1.36 bits per heavy atom. The number of carbonyl (C=O) groups excluding carboxylic acids is 1. The molecule has 1 amide bonds. The Kier molecular flexibility index (Phi) is 2.64. The van der Waals surface area contributed by atoms with E-state index in [0.29, 0.717) is 13.1 Å². The van der Waals surface area contributed by atoms with Gasteiger partial charge in [-0.1, -0.05) is 0 Å². The lowest BCUT2D eigenvalue weighted by Crippen LogP contribution is -2.46. The lowest BCUT2D eigenvalue weighted by Gasteiger charge is -2.30. The van der Waals surface area contributed by atoms with Gasteiger partial charge in [-0.05, 0) is 7.05 Å². The zero-order chi connectivity index (χ0) is 8.27. The molecule has 11 heavy (non-hydrogen) atoms. The first-order valence-electron chi connectivity index (χ1n) is 3.50. The van der Waals surface area contributed by atoms with Crippen molar-refractivity contribution in [2.24, 2.45) is 0 Å². The third kappa shape index (κ3) is 2.04. The van der Waals surface area contributed by atoms with Gasteiger partial charge in [-0.2, -0.15) is 0 Å². The highest BCUT2D eigenvalue weighted by Crippen LogP contribution is 2.01. The van der Waals surface area contributed by atoms with E-state index in [2.05, 4.69) is 9.84 Å². The van der Waals surface area contributed by atoms with Gasteiger partial charge < -0.3 is 9.80 Å². The fourth-order valence-electron chi connectivity index (χ4n) is 1.04. The predicted octanol–water partition coefficient (Wildman–Crippen LogP) is 0.255. The van der Waals surface area contributed by atoms with Crippen molar-refractivity contribution in [3.05, 3.63) is 0 Å². The van der Waals surface area contributed by atoms with Gasteiger partial charge in [-0.25, -0.2) is 9.74 Å². The molecule has 0 spiro atoms. The molecular weight excluding hydrogens is 151 g/mol. The fourth-order valence-corrected chi connectivity index (χ4v) is 1.04. The number of amides is 1. The number of rotatable bonds is 0. The Hall–Kier alpha value is -0.840. The highest BCUT2D eigenvalue weighted by Gasteiger charge is 2.20. The molecule has 0 aromatic carbocycles. The monoisotopic (exact) mass is 162 g/mol. The van der Waals surface area contributed by atoms with Crippen molar-refractivity contribution >= 4 is 6.09 Å². The Labute approximate surface area is 64.4 Å². The van der Waals surface area contributed by atoms with Gasteiger partial charge in [0.1, 0.15) is 0 Å². The third-order valence-electron chi connectivity index (χ3n) is 1.83. The summed E-state index contributed by atoms with van der Waals surface area (Å²) in [5.41, 5.74) is 0. The molecule has 4 nitrogen and oxygen atoms in total. The summed E-state index contributed by atoms with van der Waals surface area (Å²) in [6.45, 7) is 2.63. The minimum atomic E-state index is -0.877. The van der Waals surface area contributed by atoms with Crippen LogP contribution in [0.4, 0.5) is 9.32 Å². The molecule has 5 heteroatoms. The van der Waals surface area contributed by atoms with Crippen LogP contribution in [0.2, 0.25) is 0 Å². The van der Waals surface area contributed by atoms with Crippen molar-refractivity contribution in [1.82, 2.24) is 9.80 Å². The van der Waals surface area contributed by atoms with Crippen LogP contribution in [0.15, 0.2) is 0 Å².